The third-order valence-electron chi connectivity index (χ3n) is 3.27. The first-order valence-electron chi connectivity index (χ1n) is 7.15. The highest BCUT2D eigenvalue weighted by Crippen LogP contribution is 2.23. The summed E-state index contributed by atoms with van der Waals surface area (Å²) in [7, 11) is 0. The molecule has 0 saturated carbocycles. The number of benzene rings is 2. The second-order valence-electron chi connectivity index (χ2n) is 4.76. The lowest BCUT2D eigenvalue weighted by Crippen LogP contribution is -1.90. The number of unbranched alkanes of at least 4 members (excludes halogenated alkanes) is 1. The van der Waals surface area contributed by atoms with Crippen molar-refractivity contribution in [2.24, 2.45) is 0 Å². The van der Waals surface area contributed by atoms with Crippen LogP contribution in [0, 0.1) is 0 Å². The number of aryl methyl sites for hydroxylation is 1. The molecule has 1 nitrogen and oxygen atoms in total. The average molecular weight is 254 g/mol. The zero-order valence-electron chi connectivity index (χ0n) is 11.9. The standard InChI is InChI=1S/C18H22O/c1-3-5-6-15-7-9-16(10-8-15)17-11-13-18(14-12-17)19-4-2/h7-14H,3-6H2,1-2H3. The van der Waals surface area contributed by atoms with E-state index in [1.807, 2.05) is 19.1 Å². The van der Waals surface area contributed by atoms with E-state index in [-0.39, 0.29) is 0 Å². The molecule has 0 N–H and O–H groups in total. The maximum atomic E-state index is 5.46. The van der Waals surface area contributed by atoms with Crippen LogP contribution < -0.4 is 4.74 Å². The molecule has 0 aromatic heterocycles. The lowest BCUT2D eigenvalue weighted by Gasteiger charge is -2.06. The second-order valence-corrected chi connectivity index (χ2v) is 4.76. The normalized spacial score (nSPS) is 10.4. The number of hydrogen-bond donors (Lipinski definition) is 0. The summed E-state index contributed by atoms with van der Waals surface area (Å²) in [5.74, 6) is 0.936. The van der Waals surface area contributed by atoms with Crippen molar-refractivity contribution in [3.8, 4) is 16.9 Å². The Bertz CT molecular complexity index is 482. The van der Waals surface area contributed by atoms with Gasteiger partial charge in [-0.05, 0) is 48.6 Å². The Labute approximate surface area is 116 Å². The van der Waals surface area contributed by atoms with Gasteiger partial charge in [-0.3, -0.25) is 0 Å². The predicted molar refractivity (Wildman–Crippen MR) is 81.7 cm³/mol. The lowest BCUT2D eigenvalue weighted by molar-refractivity contribution is 0.340. The van der Waals surface area contributed by atoms with Crippen LogP contribution in [0.3, 0.4) is 0 Å². The molecule has 0 aliphatic rings. The summed E-state index contributed by atoms with van der Waals surface area (Å²) >= 11 is 0. The van der Waals surface area contributed by atoms with Gasteiger partial charge in [0.2, 0.25) is 0 Å². The molecular formula is C18H22O. The predicted octanol–water partition coefficient (Wildman–Crippen LogP) is 5.09. The number of rotatable bonds is 6. The van der Waals surface area contributed by atoms with Crippen molar-refractivity contribution in [2.75, 3.05) is 6.61 Å². The van der Waals surface area contributed by atoms with Crippen LogP contribution in [-0.4, -0.2) is 6.61 Å². The topological polar surface area (TPSA) is 9.23 Å². The van der Waals surface area contributed by atoms with E-state index >= 15 is 0 Å². The SMILES string of the molecule is CCCCc1ccc(-c2ccc(OCC)cc2)cc1. The van der Waals surface area contributed by atoms with Crippen molar-refractivity contribution in [3.63, 3.8) is 0 Å². The Hall–Kier alpha value is -1.76. The maximum Gasteiger partial charge on any atom is 0.119 e. The van der Waals surface area contributed by atoms with Gasteiger partial charge >= 0.3 is 0 Å². The molecule has 19 heavy (non-hydrogen) atoms. The van der Waals surface area contributed by atoms with Gasteiger partial charge in [0.15, 0.2) is 0 Å². The lowest BCUT2D eigenvalue weighted by atomic mass is 10.0. The minimum Gasteiger partial charge on any atom is -0.494 e. The Morgan fingerprint density at radius 3 is 1.89 bits per heavy atom. The molecule has 0 aliphatic heterocycles. The van der Waals surface area contributed by atoms with Crippen LogP contribution in [0.1, 0.15) is 32.3 Å². The van der Waals surface area contributed by atoms with Gasteiger partial charge in [0, 0.05) is 0 Å². The van der Waals surface area contributed by atoms with Gasteiger partial charge in [-0.1, -0.05) is 49.7 Å². The first kappa shape index (κ1) is 13.7. The highest BCUT2D eigenvalue weighted by molar-refractivity contribution is 5.64. The Morgan fingerprint density at radius 1 is 0.789 bits per heavy atom. The van der Waals surface area contributed by atoms with Gasteiger partial charge in [-0.2, -0.15) is 0 Å². The Morgan fingerprint density at radius 2 is 1.37 bits per heavy atom. The van der Waals surface area contributed by atoms with E-state index in [2.05, 4.69) is 43.3 Å². The van der Waals surface area contributed by atoms with Crippen molar-refractivity contribution < 1.29 is 4.74 Å². The van der Waals surface area contributed by atoms with Gasteiger partial charge in [-0.25, -0.2) is 0 Å². The minimum atomic E-state index is 0.714. The fraction of sp³-hybridized carbons (Fsp3) is 0.333. The van der Waals surface area contributed by atoms with E-state index in [0.29, 0.717) is 6.61 Å². The molecule has 0 amide bonds. The van der Waals surface area contributed by atoms with Crippen molar-refractivity contribution in [2.45, 2.75) is 33.1 Å². The van der Waals surface area contributed by atoms with Crippen LogP contribution in [0.5, 0.6) is 5.75 Å². The molecule has 0 bridgehead atoms. The molecule has 0 saturated heterocycles. The van der Waals surface area contributed by atoms with E-state index < -0.39 is 0 Å². The quantitative estimate of drug-likeness (QED) is 0.697. The van der Waals surface area contributed by atoms with E-state index in [4.69, 9.17) is 4.74 Å². The zero-order valence-corrected chi connectivity index (χ0v) is 11.9. The highest BCUT2D eigenvalue weighted by atomic mass is 16.5. The first-order valence-corrected chi connectivity index (χ1v) is 7.15. The number of ether oxygens (including phenoxy) is 1. The van der Waals surface area contributed by atoms with Crippen molar-refractivity contribution in [1.82, 2.24) is 0 Å². The molecule has 2 aromatic rings. The molecule has 2 rings (SSSR count). The second kappa shape index (κ2) is 6.98. The van der Waals surface area contributed by atoms with E-state index in [1.165, 1.54) is 36.0 Å². The molecule has 1 heteroatoms. The third-order valence-corrected chi connectivity index (χ3v) is 3.27. The summed E-state index contributed by atoms with van der Waals surface area (Å²) in [6.45, 7) is 4.95. The van der Waals surface area contributed by atoms with Gasteiger partial charge < -0.3 is 4.74 Å². The zero-order chi connectivity index (χ0) is 13.5. The third kappa shape index (κ3) is 3.85. The fourth-order valence-corrected chi connectivity index (χ4v) is 2.16. The van der Waals surface area contributed by atoms with Crippen LogP contribution in [0.15, 0.2) is 48.5 Å². The van der Waals surface area contributed by atoms with Gasteiger partial charge in [0.05, 0.1) is 6.61 Å². The maximum absolute atomic E-state index is 5.46. The van der Waals surface area contributed by atoms with Crippen molar-refractivity contribution in [1.29, 1.82) is 0 Å². The monoisotopic (exact) mass is 254 g/mol. The molecule has 100 valence electrons. The molecule has 0 aliphatic carbocycles. The van der Waals surface area contributed by atoms with Crippen molar-refractivity contribution in [3.05, 3.63) is 54.1 Å². The number of hydrogen-bond acceptors (Lipinski definition) is 1. The molecule has 0 spiro atoms. The van der Waals surface area contributed by atoms with Crippen LogP contribution in [-0.2, 0) is 6.42 Å². The molecular weight excluding hydrogens is 232 g/mol. The Kier molecular flexibility index (Phi) is 5.02. The van der Waals surface area contributed by atoms with E-state index in [9.17, 15) is 0 Å². The molecule has 0 atom stereocenters. The summed E-state index contributed by atoms with van der Waals surface area (Å²) in [4.78, 5) is 0. The van der Waals surface area contributed by atoms with E-state index in [0.717, 1.165) is 5.75 Å². The van der Waals surface area contributed by atoms with Gasteiger partial charge in [0.1, 0.15) is 5.75 Å². The van der Waals surface area contributed by atoms with Crippen LogP contribution in [0.4, 0.5) is 0 Å². The van der Waals surface area contributed by atoms with Gasteiger partial charge in [0.25, 0.3) is 0 Å². The smallest absolute Gasteiger partial charge is 0.119 e. The minimum absolute atomic E-state index is 0.714. The van der Waals surface area contributed by atoms with Crippen LogP contribution >= 0.6 is 0 Å². The summed E-state index contributed by atoms with van der Waals surface area (Å²) in [6.07, 6.45) is 3.70. The summed E-state index contributed by atoms with van der Waals surface area (Å²) in [6, 6.07) is 17.2. The molecule has 0 heterocycles. The van der Waals surface area contributed by atoms with E-state index in [1.54, 1.807) is 0 Å². The largest absolute Gasteiger partial charge is 0.494 e. The summed E-state index contributed by atoms with van der Waals surface area (Å²) in [5.41, 5.74) is 3.94. The van der Waals surface area contributed by atoms with Crippen LogP contribution in [0.25, 0.3) is 11.1 Å². The van der Waals surface area contributed by atoms with Gasteiger partial charge in [-0.15, -0.1) is 0 Å². The first-order chi connectivity index (χ1) is 9.33. The molecule has 2 aromatic carbocycles. The highest BCUT2D eigenvalue weighted by Gasteiger charge is 1.99. The molecule has 0 radical (unpaired) electrons. The fourth-order valence-electron chi connectivity index (χ4n) is 2.16. The summed E-state index contributed by atoms with van der Waals surface area (Å²) in [5, 5.41) is 0. The van der Waals surface area contributed by atoms with Crippen LogP contribution in [0.2, 0.25) is 0 Å². The molecule has 0 fully saturated rings. The average Bonchev–Trinajstić information content (AvgIpc) is 2.47. The Balaban J connectivity index is 2.08. The molecule has 0 unspecified atom stereocenters. The van der Waals surface area contributed by atoms with Crippen molar-refractivity contribution >= 4 is 0 Å². The summed E-state index contributed by atoms with van der Waals surface area (Å²) < 4.78 is 5.46.